The Hall–Kier alpha value is -1.19. The van der Waals surface area contributed by atoms with Gasteiger partial charge in [0.25, 0.3) is 0 Å². The fraction of sp³-hybridized carbons (Fsp3) is 0.500. The van der Waals surface area contributed by atoms with Crippen molar-refractivity contribution in [1.82, 2.24) is 0 Å². The molecule has 0 N–H and O–H groups in total. The molecule has 0 saturated heterocycles. The summed E-state index contributed by atoms with van der Waals surface area (Å²) in [6.07, 6.45) is 0.204. The predicted molar refractivity (Wildman–Crippen MR) is 36.2 cm³/mol. The lowest BCUT2D eigenvalue weighted by Crippen LogP contribution is -2.00. The van der Waals surface area contributed by atoms with E-state index >= 15 is 0 Å². The molecule has 0 aliphatic rings. The first kappa shape index (κ1) is 8.81. The van der Waals surface area contributed by atoms with Gasteiger partial charge in [-0.05, 0) is 6.92 Å². The van der Waals surface area contributed by atoms with Crippen molar-refractivity contribution in [3.05, 3.63) is 0 Å². The van der Waals surface area contributed by atoms with E-state index in [1.54, 1.807) is 6.92 Å². The van der Waals surface area contributed by atoms with Gasteiger partial charge in [-0.3, -0.25) is 4.79 Å². The van der Waals surface area contributed by atoms with Gasteiger partial charge in [0.2, 0.25) is 0 Å². The van der Waals surface area contributed by atoms with Crippen molar-refractivity contribution in [1.29, 1.82) is 0 Å². The average molecular weight is 143 g/mol. The maximum absolute atomic E-state index is 10.4. The molecule has 4 heteroatoms. The number of carbonyl (C=O) groups excluding carboxylic acids is 2. The minimum Gasteiger partial charge on any atom is -0.448 e. The van der Waals surface area contributed by atoms with Crippen LogP contribution in [0.15, 0.2) is 4.99 Å². The second kappa shape index (κ2) is 4.67. The zero-order chi connectivity index (χ0) is 7.98. The van der Waals surface area contributed by atoms with E-state index in [1.807, 2.05) is 0 Å². The average Bonchev–Trinajstić information content (AvgIpc) is 1.85. The standard InChI is InChI=1S/C6H9NO3/c1-3-10-6(9)7-4-5(2)8/h4H,3H2,1-2H3. The molecule has 0 atom stereocenters. The number of rotatable bonds is 2. The second-order valence-corrected chi connectivity index (χ2v) is 1.57. The molecule has 0 aliphatic carbocycles. The Labute approximate surface area is 58.9 Å². The summed E-state index contributed by atoms with van der Waals surface area (Å²) < 4.78 is 4.40. The van der Waals surface area contributed by atoms with E-state index in [1.165, 1.54) is 6.92 Å². The number of carbonyl (C=O) groups is 2. The summed E-state index contributed by atoms with van der Waals surface area (Å²) >= 11 is 0. The van der Waals surface area contributed by atoms with E-state index in [9.17, 15) is 9.59 Å². The van der Waals surface area contributed by atoms with Crippen LogP contribution in [0.5, 0.6) is 0 Å². The Morgan fingerprint density at radius 1 is 1.60 bits per heavy atom. The number of Topliss-reactive ketones (excluding diaryl/α,β-unsaturated/α-hetero) is 1. The van der Waals surface area contributed by atoms with Gasteiger partial charge in [-0.2, -0.15) is 4.99 Å². The third-order valence-electron chi connectivity index (χ3n) is 0.620. The molecular formula is C6H9NO3. The Morgan fingerprint density at radius 2 is 2.20 bits per heavy atom. The van der Waals surface area contributed by atoms with Crippen LogP contribution in [0.1, 0.15) is 13.8 Å². The summed E-state index contributed by atoms with van der Waals surface area (Å²) in [5.41, 5.74) is 0. The van der Waals surface area contributed by atoms with E-state index in [0.717, 1.165) is 6.21 Å². The minimum absolute atomic E-state index is 0.270. The van der Waals surface area contributed by atoms with Crippen molar-refractivity contribution in [2.75, 3.05) is 6.61 Å². The summed E-state index contributed by atoms with van der Waals surface area (Å²) in [6, 6.07) is 0. The molecule has 0 aromatic heterocycles. The molecule has 0 fully saturated rings. The van der Waals surface area contributed by atoms with Gasteiger partial charge in [0, 0.05) is 6.92 Å². The molecule has 0 aromatic rings. The predicted octanol–water partition coefficient (Wildman–Crippen LogP) is 0.803. The van der Waals surface area contributed by atoms with E-state index < -0.39 is 6.09 Å². The topological polar surface area (TPSA) is 55.7 Å². The van der Waals surface area contributed by atoms with Crippen LogP contribution >= 0.6 is 0 Å². The third kappa shape index (κ3) is 4.96. The van der Waals surface area contributed by atoms with Crippen LogP contribution in [-0.2, 0) is 9.53 Å². The first-order chi connectivity index (χ1) is 4.66. The summed E-state index contributed by atoms with van der Waals surface area (Å²) in [4.78, 5) is 23.7. The summed E-state index contributed by atoms with van der Waals surface area (Å²) in [5, 5.41) is 0. The highest BCUT2D eigenvalue weighted by Crippen LogP contribution is 1.80. The van der Waals surface area contributed by atoms with Crippen molar-refractivity contribution < 1.29 is 14.3 Å². The van der Waals surface area contributed by atoms with Gasteiger partial charge in [0.05, 0.1) is 12.8 Å². The van der Waals surface area contributed by atoms with Crippen LogP contribution in [0.25, 0.3) is 0 Å². The van der Waals surface area contributed by atoms with E-state index in [0.29, 0.717) is 0 Å². The monoisotopic (exact) mass is 143 g/mol. The molecule has 56 valence electrons. The molecule has 0 heterocycles. The van der Waals surface area contributed by atoms with Crippen molar-refractivity contribution >= 4 is 18.1 Å². The normalized spacial score (nSPS) is 9.80. The summed E-state index contributed by atoms with van der Waals surface area (Å²) in [7, 11) is 0. The lowest BCUT2D eigenvalue weighted by Gasteiger charge is -1.91. The molecule has 0 spiro atoms. The first-order valence-electron chi connectivity index (χ1n) is 2.88. The smallest absolute Gasteiger partial charge is 0.433 e. The highest BCUT2D eigenvalue weighted by Gasteiger charge is 1.94. The van der Waals surface area contributed by atoms with E-state index in [-0.39, 0.29) is 12.4 Å². The number of nitrogens with zero attached hydrogens (tertiary/aromatic N) is 1. The Kier molecular flexibility index (Phi) is 4.11. The maximum Gasteiger partial charge on any atom is 0.433 e. The molecule has 0 saturated carbocycles. The fourth-order valence-electron chi connectivity index (χ4n) is 0.304. The number of aliphatic imine (C=N–C) groups is 1. The maximum atomic E-state index is 10.4. The van der Waals surface area contributed by atoms with Gasteiger partial charge in [-0.15, -0.1) is 0 Å². The zero-order valence-electron chi connectivity index (χ0n) is 5.96. The molecule has 0 bridgehead atoms. The Balaban J connectivity index is 3.67. The van der Waals surface area contributed by atoms with Crippen molar-refractivity contribution in [3.8, 4) is 0 Å². The zero-order valence-corrected chi connectivity index (χ0v) is 5.96. The number of hydrogen-bond acceptors (Lipinski definition) is 3. The van der Waals surface area contributed by atoms with Crippen LogP contribution in [0, 0.1) is 0 Å². The van der Waals surface area contributed by atoms with Crippen LogP contribution in [-0.4, -0.2) is 24.7 Å². The minimum atomic E-state index is -0.724. The quantitative estimate of drug-likeness (QED) is 0.537. The fourth-order valence-corrected chi connectivity index (χ4v) is 0.304. The first-order valence-corrected chi connectivity index (χ1v) is 2.88. The molecule has 0 unspecified atom stereocenters. The molecule has 0 radical (unpaired) electrons. The lowest BCUT2D eigenvalue weighted by molar-refractivity contribution is -0.110. The molecule has 1 amide bonds. The van der Waals surface area contributed by atoms with Gasteiger partial charge < -0.3 is 4.74 Å². The SMILES string of the molecule is CCOC(=O)N=CC(C)=O. The van der Waals surface area contributed by atoms with Crippen molar-refractivity contribution in [2.45, 2.75) is 13.8 Å². The molecule has 4 nitrogen and oxygen atoms in total. The van der Waals surface area contributed by atoms with E-state index in [4.69, 9.17) is 0 Å². The van der Waals surface area contributed by atoms with Crippen LogP contribution in [0.2, 0.25) is 0 Å². The highest BCUT2D eigenvalue weighted by molar-refractivity contribution is 6.27. The highest BCUT2D eigenvalue weighted by atomic mass is 16.5. The Morgan fingerprint density at radius 3 is 2.60 bits per heavy atom. The van der Waals surface area contributed by atoms with Crippen molar-refractivity contribution in [2.24, 2.45) is 4.99 Å². The lowest BCUT2D eigenvalue weighted by atomic mass is 10.5. The van der Waals surface area contributed by atoms with Crippen LogP contribution in [0.3, 0.4) is 0 Å². The van der Waals surface area contributed by atoms with Crippen LogP contribution in [0.4, 0.5) is 4.79 Å². The number of amides is 1. The van der Waals surface area contributed by atoms with Crippen molar-refractivity contribution in [3.63, 3.8) is 0 Å². The third-order valence-corrected chi connectivity index (χ3v) is 0.620. The van der Waals surface area contributed by atoms with Gasteiger partial charge in [-0.25, -0.2) is 4.79 Å². The van der Waals surface area contributed by atoms with Gasteiger partial charge >= 0.3 is 6.09 Å². The molecule has 10 heavy (non-hydrogen) atoms. The number of ether oxygens (including phenoxy) is 1. The molecule has 0 aromatic carbocycles. The van der Waals surface area contributed by atoms with Gasteiger partial charge in [0.1, 0.15) is 0 Å². The van der Waals surface area contributed by atoms with Gasteiger partial charge in [0.15, 0.2) is 5.78 Å². The van der Waals surface area contributed by atoms with E-state index in [2.05, 4.69) is 9.73 Å². The molecule has 0 rings (SSSR count). The molecular weight excluding hydrogens is 134 g/mol. The summed E-state index contributed by atoms with van der Waals surface area (Å²) in [5.74, 6) is -0.270. The number of hydrogen-bond donors (Lipinski definition) is 0. The van der Waals surface area contributed by atoms with Crippen LogP contribution < -0.4 is 0 Å². The van der Waals surface area contributed by atoms with Gasteiger partial charge in [-0.1, -0.05) is 0 Å². The molecule has 0 aliphatic heterocycles. The number of ketones is 1. The Bertz CT molecular complexity index is 162. The largest absolute Gasteiger partial charge is 0.448 e. The summed E-state index contributed by atoms with van der Waals surface area (Å²) in [6.45, 7) is 3.25. The second-order valence-electron chi connectivity index (χ2n) is 1.57.